The first kappa shape index (κ1) is 20.4. The molecule has 1 saturated heterocycles. The van der Waals surface area contributed by atoms with Gasteiger partial charge in [-0.2, -0.15) is 4.98 Å². The number of rotatable bonds is 4. The number of piperidine rings is 1. The minimum Gasteiger partial charge on any atom is -0.356 e. The smallest absolute Gasteiger partial charge is 0.261 e. The summed E-state index contributed by atoms with van der Waals surface area (Å²) in [4.78, 5) is 11.8. The Hall–Kier alpha value is -2.54. The number of halogens is 1. The molecule has 0 bridgehead atoms. The standard InChI is InChI=1S/C24H30FN5O/c1-15-7-8-21-17(13-15)14-19(24-26-16(2)29-31-24)23(28-21)30-11-9-18(10-12-30)27-22-6-4-3-5-20(22)25/h7-8,13-14,18,20,22,27H,3-6,9-12H2,1-2H3. The minimum atomic E-state index is -0.704. The number of anilines is 1. The summed E-state index contributed by atoms with van der Waals surface area (Å²) in [6.07, 6.45) is 5.04. The largest absolute Gasteiger partial charge is 0.356 e. The molecule has 1 N–H and O–H groups in total. The summed E-state index contributed by atoms with van der Waals surface area (Å²) >= 11 is 0. The molecule has 1 saturated carbocycles. The van der Waals surface area contributed by atoms with Crippen LogP contribution in [0.15, 0.2) is 28.8 Å². The number of alkyl halides is 1. The van der Waals surface area contributed by atoms with E-state index in [1.165, 1.54) is 5.56 Å². The van der Waals surface area contributed by atoms with Gasteiger partial charge in [-0.25, -0.2) is 9.37 Å². The highest BCUT2D eigenvalue weighted by atomic mass is 19.1. The molecule has 7 heteroatoms. The van der Waals surface area contributed by atoms with Crippen LogP contribution in [0.2, 0.25) is 0 Å². The molecular formula is C24H30FN5O. The Morgan fingerprint density at radius 2 is 1.84 bits per heavy atom. The fourth-order valence-corrected chi connectivity index (χ4v) is 4.92. The molecule has 2 aliphatic rings. The zero-order valence-electron chi connectivity index (χ0n) is 18.3. The van der Waals surface area contributed by atoms with Crippen molar-refractivity contribution in [2.24, 2.45) is 0 Å². The molecule has 2 atom stereocenters. The minimum absolute atomic E-state index is 0.0178. The molecule has 3 aromatic rings. The zero-order valence-corrected chi connectivity index (χ0v) is 18.3. The molecule has 6 nitrogen and oxygen atoms in total. The van der Waals surface area contributed by atoms with Crippen molar-refractivity contribution in [2.45, 2.75) is 70.6 Å². The van der Waals surface area contributed by atoms with Gasteiger partial charge in [-0.3, -0.25) is 0 Å². The maximum Gasteiger partial charge on any atom is 0.261 e. The summed E-state index contributed by atoms with van der Waals surface area (Å²) in [5.41, 5.74) is 3.03. The van der Waals surface area contributed by atoms with Gasteiger partial charge in [0, 0.05) is 30.6 Å². The van der Waals surface area contributed by atoms with Crippen molar-refractivity contribution in [1.29, 1.82) is 0 Å². The summed E-state index contributed by atoms with van der Waals surface area (Å²) in [6, 6.07) is 8.77. The molecule has 5 rings (SSSR count). The lowest BCUT2D eigenvalue weighted by atomic mass is 9.92. The Balaban J connectivity index is 1.39. The van der Waals surface area contributed by atoms with Crippen LogP contribution in [0.1, 0.15) is 49.9 Å². The van der Waals surface area contributed by atoms with Gasteiger partial charge < -0.3 is 14.7 Å². The first-order chi connectivity index (χ1) is 15.1. The lowest BCUT2D eigenvalue weighted by Gasteiger charge is -2.37. The highest BCUT2D eigenvalue weighted by Crippen LogP contribution is 2.33. The quantitative estimate of drug-likeness (QED) is 0.654. The molecule has 0 amide bonds. The van der Waals surface area contributed by atoms with Gasteiger partial charge in [-0.1, -0.05) is 29.6 Å². The van der Waals surface area contributed by atoms with E-state index in [1.54, 1.807) is 0 Å². The Morgan fingerprint density at radius 1 is 1.03 bits per heavy atom. The van der Waals surface area contributed by atoms with Crippen molar-refractivity contribution in [3.8, 4) is 11.5 Å². The van der Waals surface area contributed by atoms with Gasteiger partial charge in [0.25, 0.3) is 5.89 Å². The van der Waals surface area contributed by atoms with Gasteiger partial charge in [-0.15, -0.1) is 0 Å². The molecule has 2 aromatic heterocycles. The van der Waals surface area contributed by atoms with Crippen molar-refractivity contribution in [1.82, 2.24) is 20.4 Å². The third-order valence-corrected chi connectivity index (χ3v) is 6.63. The van der Waals surface area contributed by atoms with Gasteiger partial charge in [0.05, 0.1) is 11.1 Å². The Morgan fingerprint density at radius 3 is 2.58 bits per heavy atom. The molecule has 1 aliphatic heterocycles. The van der Waals surface area contributed by atoms with Crippen LogP contribution < -0.4 is 10.2 Å². The monoisotopic (exact) mass is 423 g/mol. The van der Waals surface area contributed by atoms with Crippen LogP contribution >= 0.6 is 0 Å². The number of hydrogen-bond donors (Lipinski definition) is 1. The van der Waals surface area contributed by atoms with Gasteiger partial charge >= 0.3 is 0 Å². The number of nitrogens with zero attached hydrogens (tertiary/aromatic N) is 4. The van der Waals surface area contributed by atoms with Gasteiger partial charge in [-0.05, 0) is 57.7 Å². The van der Waals surface area contributed by atoms with Crippen molar-refractivity contribution in [3.63, 3.8) is 0 Å². The second-order valence-electron chi connectivity index (χ2n) is 9.04. The lowest BCUT2D eigenvalue weighted by Crippen LogP contribution is -2.50. The highest BCUT2D eigenvalue weighted by molar-refractivity contribution is 5.88. The fourth-order valence-electron chi connectivity index (χ4n) is 4.92. The van der Waals surface area contributed by atoms with Crippen LogP contribution in [0.3, 0.4) is 0 Å². The number of benzene rings is 1. The van der Waals surface area contributed by atoms with E-state index < -0.39 is 6.17 Å². The molecule has 2 fully saturated rings. The van der Waals surface area contributed by atoms with Crippen LogP contribution in [-0.2, 0) is 0 Å². The third kappa shape index (κ3) is 4.28. The lowest BCUT2D eigenvalue weighted by molar-refractivity contribution is 0.172. The van der Waals surface area contributed by atoms with E-state index in [-0.39, 0.29) is 6.04 Å². The molecule has 1 aromatic carbocycles. The zero-order chi connectivity index (χ0) is 21.4. The molecule has 2 unspecified atom stereocenters. The van der Waals surface area contributed by atoms with Gasteiger partial charge in [0.15, 0.2) is 5.82 Å². The van der Waals surface area contributed by atoms with Crippen LogP contribution in [0.25, 0.3) is 22.4 Å². The summed E-state index contributed by atoms with van der Waals surface area (Å²) in [5, 5.41) is 8.65. The number of aromatic nitrogens is 3. The number of pyridine rings is 1. The van der Waals surface area contributed by atoms with Crippen molar-refractivity contribution in [2.75, 3.05) is 18.0 Å². The second-order valence-corrected chi connectivity index (χ2v) is 9.04. The van der Waals surface area contributed by atoms with Crippen molar-refractivity contribution < 1.29 is 8.91 Å². The molecular weight excluding hydrogens is 393 g/mol. The molecule has 0 spiro atoms. The predicted octanol–water partition coefficient (Wildman–Crippen LogP) is 4.74. The molecule has 164 valence electrons. The first-order valence-corrected chi connectivity index (χ1v) is 11.4. The molecule has 0 radical (unpaired) electrons. The number of nitrogens with one attached hydrogen (secondary N) is 1. The maximum absolute atomic E-state index is 14.3. The van der Waals surface area contributed by atoms with Gasteiger partial charge in [0.1, 0.15) is 12.0 Å². The van der Waals surface area contributed by atoms with Crippen LogP contribution in [0.5, 0.6) is 0 Å². The molecule has 1 aliphatic carbocycles. The first-order valence-electron chi connectivity index (χ1n) is 11.4. The van der Waals surface area contributed by atoms with Crippen LogP contribution in [-0.4, -0.2) is 46.5 Å². The number of aryl methyl sites for hydroxylation is 2. The van der Waals surface area contributed by atoms with E-state index >= 15 is 0 Å². The number of fused-ring (bicyclic) bond motifs is 1. The summed E-state index contributed by atoms with van der Waals surface area (Å²) in [5.74, 6) is 2.01. The van der Waals surface area contributed by atoms with E-state index in [0.29, 0.717) is 24.2 Å². The summed E-state index contributed by atoms with van der Waals surface area (Å²) in [7, 11) is 0. The van der Waals surface area contributed by atoms with Crippen molar-refractivity contribution in [3.05, 3.63) is 35.7 Å². The second kappa shape index (κ2) is 8.54. The normalized spacial score (nSPS) is 22.9. The van der Waals surface area contributed by atoms with Crippen LogP contribution in [0, 0.1) is 13.8 Å². The average molecular weight is 424 g/mol. The summed E-state index contributed by atoms with van der Waals surface area (Å²) in [6.45, 7) is 5.64. The molecule has 3 heterocycles. The van der Waals surface area contributed by atoms with Gasteiger partial charge in [0.2, 0.25) is 0 Å². The Labute approximate surface area is 182 Å². The van der Waals surface area contributed by atoms with E-state index in [9.17, 15) is 4.39 Å². The van der Waals surface area contributed by atoms with E-state index in [4.69, 9.17) is 9.51 Å². The van der Waals surface area contributed by atoms with E-state index in [0.717, 1.165) is 67.5 Å². The van der Waals surface area contributed by atoms with E-state index in [1.807, 2.05) is 6.92 Å². The Bertz CT molecular complexity index is 1060. The predicted molar refractivity (Wildman–Crippen MR) is 120 cm³/mol. The fraction of sp³-hybridized carbons (Fsp3) is 0.542. The average Bonchev–Trinajstić information content (AvgIpc) is 3.21. The Kier molecular flexibility index (Phi) is 5.61. The summed E-state index contributed by atoms with van der Waals surface area (Å²) < 4.78 is 19.8. The topological polar surface area (TPSA) is 67.1 Å². The maximum atomic E-state index is 14.3. The molecule has 31 heavy (non-hydrogen) atoms. The third-order valence-electron chi connectivity index (χ3n) is 6.63. The van der Waals surface area contributed by atoms with Crippen LogP contribution in [0.4, 0.5) is 10.2 Å². The van der Waals surface area contributed by atoms with Crippen molar-refractivity contribution >= 4 is 16.7 Å². The number of hydrogen-bond acceptors (Lipinski definition) is 6. The SMILES string of the molecule is Cc1ccc2nc(N3CCC(NC4CCCCC4F)CC3)c(-c3nc(C)no3)cc2c1. The van der Waals surface area contributed by atoms with E-state index in [2.05, 4.69) is 51.5 Å². The highest BCUT2D eigenvalue weighted by Gasteiger charge is 2.30.